The number of nitrogens with one attached hydrogen (secondary N) is 2. The number of nitrogens with zero attached hydrogens (tertiary/aromatic N) is 2. The summed E-state index contributed by atoms with van der Waals surface area (Å²) in [4.78, 5) is 4.58. The Hall–Kier alpha value is -0.680. The maximum Gasteiger partial charge on any atom is 0.202 e. The van der Waals surface area contributed by atoms with Crippen molar-refractivity contribution >= 4 is 16.7 Å². The van der Waals surface area contributed by atoms with Crippen LogP contribution in [0.25, 0.3) is 0 Å². The first kappa shape index (κ1) is 12.8. The second kappa shape index (κ2) is 4.90. The second-order valence-electron chi connectivity index (χ2n) is 5.81. The first-order chi connectivity index (χ1) is 7.97. The normalized spacial score (nSPS) is 25.9. The summed E-state index contributed by atoms with van der Waals surface area (Å²) in [5, 5.41) is 7.94. The van der Waals surface area contributed by atoms with E-state index in [9.17, 15) is 0 Å². The van der Waals surface area contributed by atoms with Crippen LogP contribution in [0.2, 0.25) is 0 Å². The Balaban J connectivity index is 2.01. The molecule has 1 saturated heterocycles. The zero-order valence-electron chi connectivity index (χ0n) is 11.1. The Morgan fingerprint density at radius 1 is 1.41 bits per heavy atom. The standard InChI is InChI=1S/C12H22N4S/c1-8-9(6-5-7-13-8)14-11-15-10(16-17-11)12(2,3)4/h8-9,13H,5-7H2,1-4H3,(H,14,15,16). The molecule has 0 radical (unpaired) electrons. The smallest absolute Gasteiger partial charge is 0.202 e. The van der Waals surface area contributed by atoms with Gasteiger partial charge >= 0.3 is 0 Å². The van der Waals surface area contributed by atoms with Gasteiger partial charge in [-0.2, -0.15) is 4.37 Å². The Kier molecular flexibility index (Phi) is 3.68. The Morgan fingerprint density at radius 2 is 2.18 bits per heavy atom. The Labute approximate surface area is 107 Å². The molecule has 0 bridgehead atoms. The third kappa shape index (κ3) is 3.16. The van der Waals surface area contributed by atoms with Gasteiger partial charge in [0.1, 0.15) is 5.82 Å². The lowest BCUT2D eigenvalue weighted by Gasteiger charge is -2.30. The van der Waals surface area contributed by atoms with Crippen LogP contribution in [-0.2, 0) is 5.41 Å². The Morgan fingerprint density at radius 3 is 2.76 bits per heavy atom. The van der Waals surface area contributed by atoms with E-state index in [1.54, 1.807) is 0 Å². The highest BCUT2D eigenvalue weighted by Gasteiger charge is 2.23. The highest BCUT2D eigenvalue weighted by atomic mass is 32.1. The number of aromatic nitrogens is 2. The van der Waals surface area contributed by atoms with E-state index in [4.69, 9.17) is 0 Å². The van der Waals surface area contributed by atoms with Gasteiger partial charge in [0.15, 0.2) is 0 Å². The van der Waals surface area contributed by atoms with E-state index in [0.717, 1.165) is 17.5 Å². The number of anilines is 1. The monoisotopic (exact) mass is 254 g/mol. The highest BCUT2D eigenvalue weighted by Crippen LogP contribution is 2.24. The molecule has 1 aromatic heterocycles. The molecule has 5 heteroatoms. The molecule has 0 saturated carbocycles. The van der Waals surface area contributed by atoms with Crippen LogP contribution in [0.5, 0.6) is 0 Å². The minimum absolute atomic E-state index is 0.0346. The van der Waals surface area contributed by atoms with Gasteiger partial charge in [0.05, 0.1) is 0 Å². The average molecular weight is 254 g/mol. The predicted octanol–water partition coefficient (Wildman–Crippen LogP) is 2.39. The van der Waals surface area contributed by atoms with Gasteiger partial charge in [0, 0.05) is 29.0 Å². The molecule has 2 unspecified atom stereocenters. The predicted molar refractivity (Wildman–Crippen MR) is 72.7 cm³/mol. The van der Waals surface area contributed by atoms with Gasteiger partial charge in [-0.25, -0.2) is 4.98 Å². The summed E-state index contributed by atoms with van der Waals surface area (Å²) in [7, 11) is 0. The molecular formula is C12H22N4S. The summed E-state index contributed by atoms with van der Waals surface area (Å²) in [5.41, 5.74) is 0.0346. The fraction of sp³-hybridized carbons (Fsp3) is 0.833. The molecule has 0 spiro atoms. The van der Waals surface area contributed by atoms with E-state index < -0.39 is 0 Å². The van der Waals surface area contributed by atoms with Gasteiger partial charge in [-0.15, -0.1) is 0 Å². The number of rotatable bonds is 2. The average Bonchev–Trinajstić information content (AvgIpc) is 2.69. The molecule has 2 atom stereocenters. The summed E-state index contributed by atoms with van der Waals surface area (Å²) < 4.78 is 4.43. The van der Waals surface area contributed by atoms with Crippen molar-refractivity contribution in [3.05, 3.63) is 5.82 Å². The summed E-state index contributed by atoms with van der Waals surface area (Å²) >= 11 is 1.47. The molecule has 2 heterocycles. The third-order valence-electron chi connectivity index (χ3n) is 3.17. The molecule has 1 aliphatic heterocycles. The molecule has 96 valence electrons. The lowest BCUT2D eigenvalue weighted by atomic mass is 9.96. The van der Waals surface area contributed by atoms with Gasteiger partial charge in [0.25, 0.3) is 0 Å². The summed E-state index contributed by atoms with van der Waals surface area (Å²) in [5.74, 6) is 0.932. The molecule has 2 rings (SSSR count). The van der Waals surface area contributed by atoms with Crippen LogP contribution in [0.1, 0.15) is 46.4 Å². The van der Waals surface area contributed by atoms with Crippen molar-refractivity contribution in [2.45, 2.75) is 58.0 Å². The first-order valence-electron chi connectivity index (χ1n) is 6.31. The molecule has 1 aliphatic rings. The maximum atomic E-state index is 4.58. The van der Waals surface area contributed by atoms with Crippen molar-refractivity contribution in [2.75, 3.05) is 11.9 Å². The van der Waals surface area contributed by atoms with Crippen LogP contribution in [-0.4, -0.2) is 28.0 Å². The molecule has 1 aromatic rings. The van der Waals surface area contributed by atoms with Crippen molar-refractivity contribution in [2.24, 2.45) is 0 Å². The van der Waals surface area contributed by atoms with E-state index in [1.807, 2.05) is 0 Å². The van der Waals surface area contributed by atoms with Crippen molar-refractivity contribution < 1.29 is 0 Å². The zero-order chi connectivity index (χ0) is 12.5. The van der Waals surface area contributed by atoms with E-state index in [-0.39, 0.29) is 5.41 Å². The minimum atomic E-state index is 0.0346. The van der Waals surface area contributed by atoms with Gasteiger partial charge in [-0.1, -0.05) is 20.8 Å². The van der Waals surface area contributed by atoms with Gasteiger partial charge in [-0.05, 0) is 26.3 Å². The Bertz CT molecular complexity index is 369. The van der Waals surface area contributed by atoms with Crippen molar-refractivity contribution in [3.63, 3.8) is 0 Å². The minimum Gasteiger partial charge on any atom is -0.356 e. The second-order valence-corrected chi connectivity index (χ2v) is 6.56. The van der Waals surface area contributed by atoms with Crippen molar-refractivity contribution in [1.82, 2.24) is 14.7 Å². The molecule has 1 fully saturated rings. The van der Waals surface area contributed by atoms with E-state index in [1.165, 1.54) is 24.4 Å². The molecule has 4 nitrogen and oxygen atoms in total. The van der Waals surface area contributed by atoms with E-state index in [0.29, 0.717) is 12.1 Å². The lowest BCUT2D eigenvalue weighted by Crippen LogP contribution is -2.46. The molecule has 17 heavy (non-hydrogen) atoms. The topological polar surface area (TPSA) is 49.8 Å². The van der Waals surface area contributed by atoms with Gasteiger partial charge in [0.2, 0.25) is 5.13 Å². The van der Waals surface area contributed by atoms with E-state index >= 15 is 0 Å². The van der Waals surface area contributed by atoms with Crippen LogP contribution in [0.3, 0.4) is 0 Å². The molecular weight excluding hydrogens is 232 g/mol. The van der Waals surface area contributed by atoms with Crippen LogP contribution >= 0.6 is 11.5 Å². The van der Waals surface area contributed by atoms with Gasteiger partial charge < -0.3 is 10.6 Å². The number of hydrogen-bond acceptors (Lipinski definition) is 5. The number of hydrogen-bond donors (Lipinski definition) is 2. The van der Waals surface area contributed by atoms with Gasteiger partial charge in [-0.3, -0.25) is 0 Å². The molecule has 2 N–H and O–H groups in total. The van der Waals surface area contributed by atoms with Crippen molar-refractivity contribution in [3.8, 4) is 0 Å². The SMILES string of the molecule is CC1NCCCC1Nc1nc(C(C)(C)C)ns1. The lowest BCUT2D eigenvalue weighted by molar-refractivity contribution is 0.389. The third-order valence-corrected chi connectivity index (χ3v) is 3.81. The summed E-state index contributed by atoms with van der Waals surface area (Å²) in [6.45, 7) is 9.78. The first-order valence-corrected chi connectivity index (χ1v) is 7.08. The fourth-order valence-corrected chi connectivity index (χ4v) is 2.81. The summed E-state index contributed by atoms with van der Waals surface area (Å²) in [6.07, 6.45) is 2.44. The largest absolute Gasteiger partial charge is 0.356 e. The van der Waals surface area contributed by atoms with Crippen LogP contribution in [0, 0.1) is 0 Å². The van der Waals surface area contributed by atoms with Crippen LogP contribution < -0.4 is 10.6 Å². The fourth-order valence-electron chi connectivity index (χ4n) is 1.99. The van der Waals surface area contributed by atoms with E-state index in [2.05, 4.69) is 47.7 Å². The highest BCUT2D eigenvalue weighted by molar-refractivity contribution is 7.09. The number of piperidine rings is 1. The molecule has 0 amide bonds. The van der Waals surface area contributed by atoms with Crippen LogP contribution in [0.4, 0.5) is 5.13 Å². The van der Waals surface area contributed by atoms with Crippen molar-refractivity contribution in [1.29, 1.82) is 0 Å². The quantitative estimate of drug-likeness (QED) is 0.851. The molecule has 0 aliphatic carbocycles. The van der Waals surface area contributed by atoms with Crippen LogP contribution in [0.15, 0.2) is 0 Å². The molecule has 0 aromatic carbocycles. The zero-order valence-corrected chi connectivity index (χ0v) is 11.9. The maximum absolute atomic E-state index is 4.58. The summed E-state index contributed by atoms with van der Waals surface area (Å²) in [6, 6.07) is 0.982.